The third-order valence-electron chi connectivity index (χ3n) is 2.43. The van der Waals surface area contributed by atoms with Gasteiger partial charge >= 0.3 is 0 Å². The normalized spacial score (nSPS) is 30.6. The van der Waals surface area contributed by atoms with E-state index in [1.807, 2.05) is 0 Å². The molecule has 1 aliphatic carbocycles. The zero-order valence-corrected chi connectivity index (χ0v) is 6.40. The Kier molecular flexibility index (Phi) is 2.82. The molecule has 1 saturated carbocycles. The first-order valence-electron chi connectivity index (χ1n) is 3.96. The SMILES string of the molecule is O=[N+]([O-])C[C@@H]1CCC[C@H]1CO. The standard InChI is InChI=1S/C7H13NO3/c9-5-7-3-1-2-6(7)4-8(10)11/h6-7,9H,1-5H2/t6-,7-/m0/s1. The van der Waals surface area contributed by atoms with Crippen LogP contribution in [0.2, 0.25) is 0 Å². The molecule has 4 heteroatoms. The van der Waals surface area contributed by atoms with Gasteiger partial charge in [-0.3, -0.25) is 10.1 Å². The molecule has 2 atom stereocenters. The Labute approximate surface area is 65.4 Å². The largest absolute Gasteiger partial charge is 0.396 e. The van der Waals surface area contributed by atoms with Crippen LogP contribution in [0.15, 0.2) is 0 Å². The summed E-state index contributed by atoms with van der Waals surface area (Å²) in [4.78, 5) is 9.86. The Morgan fingerprint density at radius 1 is 1.45 bits per heavy atom. The van der Waals surface area contributed by atoms with Gasteiger partial charge in [0.2, 0.25) is 6.54 Å². The van der Waals surface area contributed by atoms with E-state index in [2.05, 4.69) is 0 Å². The number of nitro groups is 1. The first-order chi connectivity index (χ1) is 5.24. The molecule has 1 aliphatic rings. The van der Waals surface area contributed by atoms with E-state index in [9.17, 15) is 10.1 Å². The third-order valence-corrected chi connectivity index (χ3v) is 2.43. The van der Waals surface area contributed by atoms with E-state index in [1.54, 1.807) is 0 Å². The van der Waals surface area contributed by atoms with Gasteiger partial charge in [-0.15, -0.1) is 0 Å². The maximum absolute atomic E-state index is 10.1. The number of rotatable bonds is 3. The average Bonchev–Trinajstić information content (AvgIpc) is 2.34. The van der Waals surface area contributed by atoms with Crippen LogP contribution in [0.4, 0.5) is 0 Å². The first kappa shape index (κ1) is 8.46. The van der Waals surface area contributed by atoms with Crippen molar-refractivity contribution >= 4 is 0 Å². The van der Waals surface area contributed by atoms with Crippen molar-refractivity contribution in [2.24, 2.45) is 11.8 Å². The predicted molar refractivity (Wildman–Crippen MR) is 39.8 cm³/mol. The molecule has 0 aliphatic heterocycles. The van der Waals surface area contributed by atoms with Crippen molar-refractivity contribution in [1.29, 1.82) is 0 Å². The lowest BCUT2D eigenvalue weighted by atomic mass is 9.97. The van der Waals surface area contributed by atoms with E-state index in [-0.39, 0.29) is 29.9 Å². The Bertz CT molecular complexity index is 149. The van der Waals surface area contributed by atoms with Crippen LogP contribution >= 0.6 is 0 Å². The maximum Gasteiger partial charge on any atom is 0.207 e. The van der Waals surface area contributed by atoms with Crippen LogP contribution in [0.3, 0.4) is 0 Å². The molecule has 1 fully saturated rings. The molecule has 0 unspecified atom stereocenters. The molecule has 1 rings (SSSR count). The van der Waals surface area contributed by atoms with Crippen LogP contribution < -0.4 is 0 Å². The fourth-order valence-corrected chi connectivity index (χ4v) is 1.79. The number of nitrogens with zero attached hydrogens (tertiary/aromatic N) is 1. The van der Waals surface area contributed by atoms with Crippen LogP contribution in [-0.4, -0.2) is 23.2 Å². The summed E-state index contributed by atoms with van der Waals surface area (Å²) in [6, 6.07) is 0. The van der Waals surface area contributed by atoms with Gasteiger partial charge in [0.1, 0.15) is 0 Å². The Morgan fingerprint density at radius 3 is 2.64 bits per heavy atom. The predicted octanol–water partition coefficient (Wildman–Crippen LogP) is 0.672. The zero-order valence-electron chi connectivity index (χ0n) is 6.40. The summed E-state index contributed by atoms with van der Waals surface area (Å²) in [6.07, 6.45) is 2.89. The molecule has 0 aromatic heterocycles. The summed E-state index contributed by atoms with van der Waals surface area (Å²) >= 11 is 0. The topological polar surface area (TPSA) is 63.4 Å². The summed E-state index contributed by atoms with van der Waals surface area (Å²) in [5, 5.41) is 19.0. The lowest BCUT2D eigenvalue weighted by Crippen LogP contribution is -2.20. The van der Waals surface area contributed by atoms with Crippen LogP contribution in [0.1, 0.15) is 19.3 Å². The molecule has 0 bridgehead atoms. The summed E-state index contributed by atoms with van der Waals surface area (Å²) in [5.74, 6) is 0.301. The van der Waals surface area contributed by atoms with Gasteiger partial charge in [0.25, 0.3) is 0 Å². The smallest absolute Gasteiger partial charge is 0.207 e. The molecule has 0 radical (unpaired) electrons. The highest BCUT2D eigenvalue weighted by atomic mass is 16.6. The lowest BCUT2D eigenvalue weighted by Gasteiger charge is -2.11. The lowest BCUT2D eigenvalue weighted by molar-refractivity contribution is -0.489. The molecule has 0 heterocycles. The highest BCUT2D eigenvalue weighted by Gasteiger charge is 2.30. The van der Waals surface area contributed by atoms with Crippen molar-refractivity contribution in [2.45, 2.75) is 19.3 Å². The van der Waals surface area contributed by atoms with E-state index < -0.39 is 0 Å². The molecule has 4 nitrogen and oxygen atoms in total. The van der Waals surface area contributed by atoms with Crippen molar-refractivity contribution in [3.05, 3.63) is 10.1 Å². The molecule has 0 aromatic carbocycles. The van der Waals surface area contributed by atoms with E-state index in [0.717, 1.165) is 19.3 Å². The fraction of sp³-hybridized carbons (Fsp3) is 1.00. The van der Waals surface area contributed by atoms with Crippen molar-refractivity contribution in [2.75, 3.05) is 13.2 Å². The van der Waals surface area contributed by atoms with Crippen molar-refractivity contribution in [1.82, 2.24) is 0 Å². The van der Waals surface area contributed by atoms with E-state index >= 15 is 0 Å². The maximum atomic E-state index is 10.1. The first-order valence-corrected chi connectivity index (χ1v) is 3.96. The van der Waals surface area contributed by atoms with Crippen molar-refractivity contribution in [3.63, 3.8) is 0 Å². The van der Waals surface area contributed by atoms with Crippen molar-refractivity contribution < 1.29 is 10.0 Å². The second-order valence-corrected chi connectivity index (χ2v) is 3.15. The summed E-state index contributed by atoms with van der Waals surface area (Å²) in [6.45, 7) is 0.143. The quantitative estimate of drug-likeness (QED) is 0.486. The van der Waals surface area contributed by atoms with E-state index in [1.165, 1.54) is 0 Å². The number of aliphatic hydroxyl groups excluding tert-OH is 1. The molecule has 1 N–H and O–H groups in total. The van der Waals surface area contributed by atoms with Crippen LogP contribution in [0.25, 0.3) is 0 Å². The minimum Gasteiger partial charge on any atom is -0.396 e. The minimum absolute atomic E-state index is 0.0330. The molecular weight excluding hydrogens is 146 g/mol. The summed E-state index contributed by atoms with van der Waals surface area (Å²) in [5.41, 5.74) is 0. The van der Waals surface area contributed by atoms with Gasteiger partial charge in [0.05, 0.1) is 0 Å². The molecule has 0 spiro atoms. The van der Waals surface area contributed by atoms with Gasteiger partial charge < -0.3 is 5.11 Å². The van der Waals surface area contributed by atoms with Gasteiger partial charge in [-0.1, -0.05) is 6.42 Å². The number of aliphatic hydroxyl groups is 1. The fourth-order valence-electron chi connectivity index (χ4n) is 1.79. The molecule has 0 saturated heterocycles. The Hall–Kier alpha value is -0.640. The monoisotopic (exact) mass is 159 g/mol. The van der Waals surface area contributed by atoms with E-state index in [0.29, 0.717) is 0 Å². The van der Waals surface area contributed by atoms with Crippen LogP contribution in [0.5, 0.6) is 0 Å². The second-order valence-electron chi connectivity index (χ2n) is 3.15. The van der Waals surface area contributed by atoms with Crippen LogP contribution in [0, 0.1) is 22.0 Å². The zero-order chi connectivity index (χ0) is 8.27. The Morgan fingerprint density at radius 2 is 2.09 bits per heavy atom. The molecule has 11 heavy (non-hydrogen) atoms. The van der Waals surface area contributed by atoms with Crippen LogP contribution in [-0.2, 0) is 0 Å². The molecule has 64 valence electrons. The summed E-state index contributed by atoms with van der Waals surface area (Å²) in [7, 11) is 0. The highest BCUT2D eigenvalue weighted by molar-refractivity contribution is 4.75. The number of hydrogen-bond donors (Lipinski definition) is 1. The van der Waals surface area contributed by atoms with Gasteiger partial charge in [-0.2, -0.15) is 0 Å². The average molecular weight is 159 g/mol. The molecular formula is C7H13NO3. The highest BCUT2D eigenvalue weighted by Crippen LogP contribution is 2.31. The van der Waals surface area contributed by atoms with Gasteiger partial charge in [-0.05, 0) is 18.8 Å². The second kappa shape index (κ2) is 3.67. The summed E-state index contributed by atoms with van der Waals surface area (Å²) < 4.78 is 0. The van der Waals surface area contributed by atoms with E-state index in [4.69, 9.17) is 5.11 Å². The Balaban J connectivity index is 2.37. The van der Waals surface area contributed by atoms with Crippen molar-refractivity contribution in [3.8, 4) is 0 Å². The van der Waals surface area contributed by atoms with Gasteiger partial charge in [0.15, 0.2) is 0 Å². The molecule has 0 aromatic rings. The third kappa shape index (κ3) is 2.15. The number of hydrogen-bond acceptors (Lipinski definition) is 3. The minimum atomic E-state index is -0.279. The molecule has 0 amide bonds. The van der Waals surface area contributed by atoms with Gasteiger partial charge in [-0.25, -0.2) is 0 Å². The van der Waals surface area contributed by atoms with Gasteiger partial charge in [0, 0.05) is 17.4 Å².